The molecule has 0 bridgehead atoms. The molecule has 0 radical (unpaired) electrons. The van der Waals surface area contributed by atoms with Gasteiger partial charge in [-0.1, -0.05) is 53.0 Å². The highest BCUT2D eigenvalue weighted by Gasteiger charge is 2.43. The molecule has 9 heterocycles. The Morgan fingerprint density at radius 3 is 1.26 bits per heavy atom. The maximum atomic E-state index is 13.8. The summed E-state index contributed by atoms with van der Waals surface area (Å²) in [7, 11) is -11.2. The zero-order valence-corrected chi connectivity index (χ0v) is 59.4. The van der Waals surface area contributed by atoms with Crippen molar-refractivity contribution >= 4 is 166 Å². The van der Waals surface area contributed by atoms with Gasteiger partial charge in [-0.05, 0) is 159 Å². The SMILES string of the molecule is Cc1ccc2c(c1Cl)CCN2[C@H]1CCN(c2ccc(S(=O)(=O)Nc3nccs3)cc2)C1=O.O=C1[C@@H](N2CCN(c3ccccc3Cl)CC2)CCN1c1ccc(S(=O)(=O)Nc2nccs2)cc1.O=C1[C@H](N2CCc3c2ccc(F)c3Cl)CCN1c1ccc(S(=O)(=O)Nc2nccs2)cc1.[HH].[HH].[HH]. The highest BCUT2D eigenvalue weighted by atomic mass is 35.5. The van der Waals surface area contributed by atoms with Crippen LogP contribution in [0, 0.1) is 12.7 Å². The molecule has 6 aliphatic rings. The average molecular weight is 1510 g/mol. The summed E-state index contributed by atoms with van der Waals surface area (Å²) < 4.78 is 96.4. The van der Waals surface area contributed by atoms with E-state index in [0.717, 1.165) is 89.4 Å². The number of hydrogen-bond acceptors (Lipinski definition) is 19. The van der Waals surface area contributed by atoms with E-state index in [1.807, 2.05) is 42.2 Å². The molecule has 0 saturated carbocycles. The lowest BCUT2D eigenvalue weighted by molar-refractivity contribution is -0.122. The molecule has 98 heavy (non-hydrogen) atoms. The molecule has 3 N–H and O–H groups in total. The first-order chi connectivity index (χ1) is 47.1. The number of amides is 3. The number of anilines is 9. The van der Waals surface area contributed by atoms with E-state index in [0.29, 0.717) is 72.8 Å². The summed E-state index contributed by atoms with van der Waals surface area (Å²) >= 11 is 22.6. The maximum absolute atomic E-state index is 13.8. The van der Waals surface area contributed by atoms with Crippen LogP contribution >= 0.6 is 68.8 Å². The van der Waals surface area contributed by atoms with Gasteiger partial charge < -0.3 is 29.4 Å². The quantitative estimate of drug-likeness (QED) is 0.0813. The molecule has 22 nitrogen and oxygen atoms in total. The monoisotopic (exact) mass is 1500 g/mol. The van der Waals surface area contributed by atoms with Crippen molar-refractivity contribution in [2.24, 2.45) is 0 Å². The zero-order valence-electron chi connectivity index (χ0n) is 52.3. The van der Waals surface area contributed by atoms with Crippen LogP contribution in [0.2, 0.25) is 15.1 Å². The van der Waals surface area contributed by atoms with Gasteiger partial charge in [-0.25, -0.2) is 44.6 Å². The first kappa shape index (κ1) is 68.5. The van der Waals surface area contributed by atoms with Crippen LogP contribution in [0.5, 0.6) is 0 Å². The van der Waals surface area contributed by atoms with Gasteiger partial charge in [-0.15, -0.1) is 34.0 Å². The van der Waals surface area contributed by atoms with Crippen molar-refractivity contribution in [2.75, 3.05) is 102 Å². The van der Waals surface area contributed by atoms with E-state index in [-0.39, 0.29) is 65.0 Å². The third kappa shape index (κ3) is 14.3. The number of thiazole rings is 3. The second-order valence-electron chi connectivity index (χ2n) is 23.6. The second-order valence-corrected chi connectivity index (χ2v) is 32.5. The molecule has 0 unspecified atom stereocenters. The molecule has 6 aromatic carbocycles. The van der Waals surface area contributed by atoms with Crippen molar-refractivity contribution < 1.29 is 48.3 Å². The van der Waals surface area contributed by atoms with Gasteiger partial charge in [0, 0.05) is 131 Å². The molecule has 3 aromatic heterocycles. The number of rotatable bonds is 16. The number of halogens is 4. The summed E-state index contributed by atoms with van der Waals surface area (Å²) in [6.45, 7) is 8.25. The summed E-state index contributed by atoms with van der Waals surface area (Å²) in [6, 6.07) is 33.1. The number of nitrogens with zero attached hydrogens (tertiary/aromatic N) is 10. The van der Waals surface area contributed by atoms with Crippen LogP contribution in [-0.4, -0.2) is 140 Å². The number of para-hydroxylation sites is 1. The van der Waals surface area contributed by atoms with Crippen molar-refractivity contribution in [3.05, 3.63) is 194 Å². The molecule has 3 amide bonds. The average Bonchev–Trinajstić information content (AvgIpc) is 1.62. The Morgan fingerprint density at radius 2 is 0.847 bits per heavy atom. The number of hydrogen-bond donors (Lipinski definition) is 3. The molecule has 6 aliphatic heterocycles. The number of nitrogens with one attached hydrogen (secondary N) is 3. The van der Waals surface area contributed by atoms with E-state index < -0.39 is 35.9 Å². The number of sulfonamides is 3. The summed E-state index contributed by atoms with van der Waals surface area (Å²) in [6.07, 6.45) is 8.08. The van der Waals surface area contributed by atoms with E-state index >= 15 is 0 Å². The van der Waals surface area contributed by atoms with Crippen molar-refractivity contribution in [3.63, 3.8) is 0 Å². The fraction of sp³-hybridized carbons (Fsp3) is 0.273. The number of benzene rings is 6. The third-order valence-corrected chi connectivity index (χ3v) is 25.7. The van der Waals surface area contributed by atoms with Crippen LogP contribution in [-0.2, 0) is 57.3 Å². The lowest BCUT2D eigenvalue weighted by Gasteiger charge is -2.38. The van der Waals surface area contributed by atoms with E-state index in [9.17, 15) is 44.0 Å². The van der Waals surface area contributed by atoms with Gasteiger partial charge in [0.05, 0.1) is 36.5 Å². The van der Waals surface area contributed by atoms with Crippen LogP contribution in [0.1, 0.15) is 40.2 Å². The molecular formula is C66H69Cl3FN13O9S6. The van der Waals surface area contributed by atoms with Crippen molar-refractivity contribution in [3.8, 4) is 0 Å². The Morgan fingerprint density at radius 1 is 0.459 bits per heavy atom. The molecule has 4 saturated heterocycles. The minimum atomic E-state index is -3.76. The van der Waals surface area contributed by atoms with Crippen LogP contribution in [0.25, 0.3) is 0 Å². The van der Waals surface area contributed by atoms with Gasteiger partial charge in [0.15, 0.2) is 15.4 Å². The van der Waals surface area contributed by atoms with Crippen molar-refractivity contribution in [2.45, 2.75) is 71.8 Å². The second kappa shape index (κ2) is 28.7. The molecule has 15 rings (SSSR count). The number of carbonyl (C=O) groups is 3. The summed E-state index contributed by atoms with van der Waals surface area (Å²) in [5.74, 6) is -0.449. The Kier molecular flexibility index (Phi) is 20.1. The van der Waals surface area contributed by atoms with Crippen LogP contribution in [0.15, 0.2) is 171 Å². The normalized spacial score (nSPS) is 18.7. The molecule has 9 aromatic rings. The topological polar surface area (TPSA) is 251 Å². The molecular weight excluding hydrogens is 1440 g/mol. The van der Waals surface area contributed by atoms with Crippen molar-refractivity contribution in [1.29, 1.82) is 0 Å². The number of piperazine rings is 1. The minimum absolute atomic E-state index is 0. The number of carbonyl (C=O) groups excluding carboxylic acids is 3. The van der Waals surface area contributed by atoms with Gasteiger partial charge in [-0.3, -0.25) is 33.4 Å². The summed E-state index contributed by atoms with van der Waals surface area (Å²) in [5.41, 5.74) is 7.78. The van der Waals surface area contributed by atoms with Crippen LogP contribution in [0.3, 0.4) is 0 Å². The first-order valence-corrected chi connectivity index (χ1v) is 39.4. The van der Waals surface area contributed by atoms with Gasteiger partial charge in [0.25, 0.3) is 30.1 Å². The van der Waals surface area contributed by atoms with Crippen LogP contribution in [0.4, 0.5) is 53.9 Å². The van der Waals surface area contributed by atoms with E-state index in [1.54, 1.807) is 73.3 Å². The van der Waals surface area contributed by atoms with Crippen molar-refractivity contribution in [1.82, 2.24) is 19.9 Å². The van der Waals surface area contributed by atoms with Gasteiger partial charge >= 0.3 is 0 Å². The molecule has 0 aliphatic carbocycles. The van der Waals surface area contributed by atoms with Gasteiger partial charge in [-0.2, -0.15) is 0 Å². The number of aryl methyl sites for hydroxylation is 1. The summed E-state index contributed by atoms with van der Waals surface area (Å²) in [4.78, 5) is 65.6. The smallest absolute Gasteiger partial charge is 0.263 e. The van der Waals surface area contributed by atoms with Gasteiger partial charge in [0.1, 0.15) is 17.9 Å². The largest absolute Gasteiger partial charge is 0.368 e. The fourth-order valence-electron chi connectivity index (χ4n) is 13.1. The lowest BCUT2D eigenvalue weighted by atomic mass is 10.1. The Labute approximate surface area is 597 Å². The predicted molar refractivity (Wildman–Crippen MR) is 392 cm³/mol. The molecule has 32 heteroatoms. The minimum Gasteiger partial charge on any atom is -0.368 e. The Bertz CT molecular complexity index is 4590. The standard InChI is InChI=1S/C23H24ClN5O3S2.C22H21ClN4O3S2.C21H18ClFN4O3S2.3H2/c24-19-3-1-2-4-20(19)27-12-14-28(15-13-27)21-9-11-29(22(21)30)17-5-7-18(8-6-17)34(31,32)26-23-25-10-16-33-23;1-14-2-7-18-17(20(14)23)8-11-27(18)19-9-12-26(21(19)28)15-3-5-16(6-4-15)32(29,30)25-22-24-10-13-31-22;22-19-15-7-10-27(17(15)6-5-16(19)23)18-8-11-26(20(18)28)13-1-3-14(4-2-13)32(29,30)25-21-24-9-12-31-21;;;/h1-8,10,16,21H,9,11-15H2,(H,25,26);2-7,10,13,19H,8-9,11-12H2,1H3,(H,24,25);1-6,9,12,18H,7-8,10-11H2,(H,24,25);3*1H/t21-;19-;18-;;;/m001.../s1. The first-order valence-electron chi connectivity index (χ1n) is 31.2. The van der Waals surface area contributed by atoms with E-state index in [1.165, 1.54) is 95.1 Å². The third-order valence-electron chi connectivity index (χ3n) is 18.0. The number of fused-ring (bicyclic) bond motifs is 2. The highest BCUT2D eigenvalue weighted by Crippen LogP contribution is 2.42. The fourth-order valence-corrected chi connectivity index (χ4v) is 19.2. The Balaban J connectivity index is 0.000000161. The predicted octanol–water partition coefficient (Wildman–Crippen LogP) is 12.2. The highest BCUT2D eigenvalue weighted by molar-refractivity contribution is 7.93. The van der Waals surface area contributed by atoms with Gasteiger partial charge in [0.2, 0.25) is 17.7 Å². The molecule has 4 fully saturated rings. The maximum Gasteiger partial charge on any atom is 0.263 e. The zero-order chi connectivity index (χ0) is 68.6. The molecule has 0 spiro atoms. The van der Waals surface area contributed by atoms with E-state index in [2.05, 4.69) is 49.9 Å². The summed E-state index contributed by atoms with van der Waals surface area (Å²) in [5, 5.41) is 7.65. The van der Waals surface area contributed by atoms with Crippen LogP contribution < -0.4 is 43.6 Å². The molecule has 3 atom stereocenters. The molecule has 516 valence electrons. The lowest BCUT2D eigenvalue weighted by Crippen LogP contribution is -2.52. The number of aromatic nitrogens is 3. The Hall–Kier alpha value is -7.97. The van der Waals surface area contributed by atoms with E-state index in [4.69, 9.17) is 34.8 Å².